The lowest BCUT2D eigenvalue weighted by Crippen LogP contribution is -2.76. The van der Waals surface area contributed by atoms with E-state index in [9.17, 15) is 39.9 Å². The molecule has 0 aliphatic rings. The van der Waals surface area contributed by atoms with Gasteiger partial charge < -0.3 is 5.32 Å². The minimum absolute atomic E-state index is 0.0704. The van der Waals surface area contributed by atoms with Gasteiger partial charge in [-0.1, -0.05) is 19.9 Å². The summed E-state index contributed by atoms with van der Waals surface area (Å²) in [5.41, 5.74) is 0.0638. The molecule has 0 bridgehead atoms. The molecule has 0 spiro atoms. The number of hydrogen-bond acceptors (Lipinski definition) is 3. The van der Waals surface area contributed by atoms with Gasteiger partial charge in [-0.15, -0.1) is 0 Å². The summed E-state index contributed by atoms with van der Waals surface area (Å²) < 4.78 is 104. The average Bonchev–Trinajstić information content (AvgIpc) is 2.70. The molecule has 1 heterocycles. The highest BCUT2D eigenvalue weighted by Gasteiger charge is 2.74. The van der Waals surface area contributed by atoms with E-state index in [1.54, 1.807) is 19.1 Å². The highest BCUT2D eigenvalue weighted by molar-refractivity contribution is 6.05. The van der Waals surface area contributed by atoms with Gasteiger partial charge in [-0.05, 0) is 12.5 Å². The molecule has 32 heavy (non-hydrogen) atoms. The fourth-order valence-corrected chi connectivity index (χ4v) is 2.35. The molecule has 1 aromatic heterocycles. The van der Waals surface area contributed by atoms with Crippen molar-refractivity contribution in [3.63, 3.8) is 0 Å². The Balaban J connectivity index is 0.00000249. The molecule has 0 unspecified atom stereocenters. The van der Waals surface area contributed by atoms with Crippen molar-refractivity contribution in [3.05, 3.63) is 53.0 Å². The van der Waals surface area contributed by atoms with E-state index in [0.717, 1.165) is 0 Å². The van der Waals surface area contributed by atoms with E-state index >= 15 is 0 Å². The fourth-order valence-electron chi connectivity index (χ4n) is 2.35. The van der Waals surface area contributed by atoms with E-state index in [4.69, 9.17) is 4.84 Å². The molecule has 178 valence electrons. The van der Waals surface area contributed by atoms with E-state index in [1.165, 1.54) is 18.7 Å². The molecule has 13 heteroatoms. The second kappa shape index (κ2) is 10.2. The van der Waals surface area contributed by atoms with Gasteiger partial charge in [0.2, 0.25) is 0 Å². The van der Waals surface area contributed by atoms with E-state index < -0.39 is 41.1 Å². The smallest absolute Gasteiger partial charge is 0.306 e. The molecule has 0 radical (unpaired) electrons. The standard InChI is InChI=1S/C17H13F8N3O2.C2H6/c1-8-3-4-9(28-30-2)5-10(8)14(29)27-13-6-12(18)11(7-26-13)15(19,20)16(21,22)17(23,24)25;1-2/h3-7,28H,1-2H3,(H,26,27,29);1-2H3/p+1. The summed E-state index contributed by atoms with van der Waals surface area (Å²) >= 11 is 0. The van der Waals surface area contributed by atoms with E-state index in [2.05, 4.69) is 10.3 Å². The molecule has 3 N–H and O–H groups in total. The van der Waals surface area contributed by atoms with E-state index in [1.807, 2.05) is 13.8 Å². The average molecular weight is 474 g/mol. The van der Waals surface area contributed by atoms with Crippen LogP contribution in [0, 0.1) is 12.7 Å². The molecule has 2 aromatic rings. The Morgan fingerprint density at radius 3 is 2.16 bits per heavy atom. The number of rotatable bonds is 6. The number of amides is 1. The number of hydrogen-bond donors (Lipinski definition) is 2. The number of carbonyl (C=O) groups excluding carboxylic acids is 1. The number of aromatic nitrogens is 1. The van der Waals surface area contributed by atoms with Crippen LogP contribution in [0.15, 0.2) is 30.5 Å². The maximum Gasteiger partial charge on any atom is 0.460 e. The maximum atomic E-state index is 14.0. The number of anilines is 1. The number of halogens is 8. The molecule has 0 saturated heterocycles. The van der Waals surface area contributed by atoms with Gasteiger partial charge in [0.15, 0.2) is 5.69 Å². The van der Waals surface area contributed by atoms with Crippen LogP contribution in [-0.4, -0.2) is 30.1 Å². The first-order valence-electron chi connectivity index (χ1n) is 8.98. The van der Waals surface area contributed by atoms with Crippen molar-refractivity contribution >= 4 is 17.4 Å². The van der Waals surface area contributed by atoms with Crippen molar-refractivity contribution in [1.82, 2.24) is 4.98 Å². The topological polar surface area (TPSA) is 67.8 Å². The highest BCUT2D eigenvalue weighted by atomic mass is 19.4. The quantitative estimate of drug-likeness (QED) is 0.357. The molecule has 2 rings (SSSR count). The minimum Gasteiger partial charge on any atom is -0.306 e. The molecular weight excluding hydrogens is 454 g/mol. The molecule has 0 fully saturated rings. The summed E-state index contributed by atoms with van der Waals surface area (Å²) in [6.45, 7) is 5.56. The lowest BCUT2D eigenvalue weighted by molar-refractivity contribution is -0.830. The Morgan fingerprint density at radius 2 is 1.66 bits per heavy atom. The maximum absolute atomic E-state index is 14.0. The molecule has 0 aliphatic carbocycles. The van der Waals surface area contributed by atoms with Crippen LogP contribution in [0.2, 0.25) is 0 Å². The zero-order chi connectivity index (χ0) is 24.9. The van der Waals surface area contributed by atoms with Crippen LogP contribution >= 0.6 is 0 Å². The predicted octanol–water partition coefficient (Wildman–Crippen LogP) is 4.85. The molecule has 1 aromatic carbocycles. The Hall–Kier alpha value is -2.80. The summed E-state index contributed by atoms with van der Waals surface area (Å²) in [6, 6.07) is 4.67. The molecule has 0 atom stereocenters. The summed E-state index contributed by atoms with van der Waals surface area (Å²) in [7, 11) is 1.37. The largest absolute Gasteiger partial charge is 0.460 e. The predicted molar refractivity (Wildman–Crippen MR) is 98.2 cm³/mol. The van der Waals surface area contributed by atoms with Crippen molar-refractivity contribution in [1.29, 1.82) is 0 Å². The number of alkyl halides is 7. The number of nitrogens with two attached hydrogens (primary N) is 1. The third-order valence-corrected chi connectivity index (χ3v) is 3.94. The second-order valence-electron chi connectivity index (χ2n) is 6.08. The highest BCUT2D eigenvalue weighted by Crippen LogP contribution is 2.52. The lowest BCUT2D eigenvalue weighted by atomic mass is 10.0. The third kappa shape index (κ3) is 5.51. The Labute approximate surface area is 177 Å². The number of quaternary nitrogens is 1. The molecule has 1 amide bonds. The van der Waals surface area contributed by atoms with Crippen LogP contribution in [0.5, 0.6) is 0 Å². The van der Waals surface area contributed by atoms with Crippen molar-refractivity contribution in [2.45, 2.75) is 38.8 Å². The van der Waals surface area contributed by atoms with Crippen LogP contribution in [0.3, 0.4) is 0 Å². The van der Waals surface area contributed by atoms with Crippen molar-refractivity contribution in [2.24, 2.45) is 0 Å². The first-order chi connectivity index (χ1) is 14.7. The van der Waals surface area contributed by atoms with Crippen LogP contribution in [0.1, 0.15) is 35.3 Å². The number of nitrogens with one attached hydrogen (secondary N) is 1. The second-order valence-corrected chi connectivity index (χ2v) is 6.08. The van der Waals surface area contributed by atoms with Gasteiger partial charge in [0, 0.05) is 30.0 Å². The molecule has 5 nitrogen and oxygen atoms in total. The van der Waals surface area contributed by atoms with E-state index in [-0.39, 0.29) is 17.8 Å². The van der Waals surface area contributed by atoms with Crippen molar-refractivity contribution < 1.29 is 50.2 Å². The van der Waals surface area contributed by atoms with Gasteiger partial charge in [-0.3, -0.25) is 4.79 Å². The summed E-state index contributed by atoms with van der Waals surface area (Å²) in [5.74, 6) is -16.1. The summed E-state index contributed by atoms with van der Waals surface area (Å²) in [5, 5.41) is 2.06. The number of benzene rings is 1. The van der Waals surface area contributed by atoms with Gasteiger partial charge in [-0.25, -0.2) is 14.2 Å². The fraction of sp³-hybridized carbons (Fsp3) is 0.368. The lowest BCUT2D eigenvalue weighted by Gasteiger charge is -2.28. The normalized spacial score (nSPS) is 12.1. The van der Waals surface area contributed by atoms with Gasteiger partial charge in [0.1, 0.15) is 11.6 Å². The zero-order valence-corrected chi connectivity index (χ0v) is 17.3. The summed E-state index contributed by atoms with van der Waals surface area (Å²) in [6.07, 6.45) is -6.82. The van der Waals surface area contributed by atoms with Gasteiger partial charge >= 0.3 is 18.0 Å². The van der Waals surface area contributed by atoms with Crippen molar-refractivity contribution in [2.75, 3.05) is 12.4 Å². The van der Waals surface area contributed by atoms with Gasteiger partial charge in [0.25, 0.3) is 5.91 Å². The zero-order valence-electron chi connectivity index (χ0n) is 17.3. The Morgan fingerprint density at radius 1 is 1.06 bits per heavy atom. The Bertz CT molecular complexity index is 949. The number of carbonyl (C=O) groups is 1. The van der Waals surface area contributed by atoms with Crippen LogP contribution in [0.25, 0.3) is 0 Å². The molecular formula is C19H20F8N3O2+. The van der Waals surface area contributed by atoms with Crippen molar-refractivity contribution in [3.8, 4) is 0 Å². The monoisotopic (exact) mass is 474 g/mol. The summed E-state index contributed by atoms with van der Waals surface area (Å²) in [4.78, 5) is 20.3. The molecule has 0 saturated carbocycles. The van der Waals surface area contributed by atoms with E-state index in [0.29, 0.717) is 11.3 Å². The SMILES string of the molecule is CC.CO[NH2+]c1ccc(C)c(C(=O)Nc2cc(F)c(C(F)(F)C(F)(F)C(F)(F)F)cn2)c1. The molecule has 0 aliphatic heterocycles. The first-order valence-corrected chi connectivity index (χ1v) is 8.98. The van der Waals surface area contributed by atoms with Crippen LogP contribution < -0.4 is 10.8 Å². The van der Waals surface area contributed by atoms with Gasteiger partial charge in [-0.2, -0.15) is 36.2 Å². The van der Waals surface area contributed by atoms with Crippen LogP contribution in [0.4, 0.5) is 46.6 Å². The first kappa shape index (κ1) is 27.2. The Kier molecular flexibility index (Phi) is 8.69. The number of aryl methyl sites for hydroxylation is 1. The third-order valence-electron chi connectivity index (χ3n) is 3.94. The van der Waals surface area contributed by atoms with Gasteiger partial charge in [0.05, 0.1) is 12.7 Å². The van der Waals surface area contributed by atoms with Crippen LogP contribution in [-0.2, 0) is 10.8 Å². The number of pyridine rings is 1. The number of nitrogens with zero attached hydrogens (tertiary/aromatic N) is 1. The minimum atomic E-state index is -6.63.